The van der Waals surface area contributed by atoms with Crippen LogP contribution in [-0.2, 0) is 9.59 Å². The fourth-order valence-corrected chi connectivity index (χ4v) is 3.85. The summed E-state index contributed by atoms with van der Waals surface area (Å²) in [5, 5.41) is 20.9. The second-order valence-corrected chi connectivity index (χ2v) is 7.42. The van der Waals surface area contributed by atoms with E-state index in [1.807, 2.05) is 0 Å². The summed E-state index contributed by atoms with van der Waals surface area (Å²) in [4.78, 5) is 27.4. The van der Waals surface area contributed by atoms with Gasteiger partial charge in [-0.05, 0) is 72.6 Å². The number of amides is 1. The molecule has 0 radical (unpaired) electrons. The van der Waals surface area contributed by atoms with Gasteiger partial charge in [-0.2, -0.15) is 0 Å². The highest BCUT2D eigenvalue weighted by molar-refractivity contribution is 6.51. The van der Waals surface area contributed by atoms with E-state index in [4.69, 9.17) is 4.74 Å². The van der Waals surface area contributed by atoms with Gasteiger partial charge in [-0.25, -0.2) is 4.39 Å². The number of anilines is 1. The first kappa shape index (κ1) is 21.1. The Morgan fingerprint density at radius 1 is 1.00 bits per heavy atom. The maximum atomic E-state index is 13.5. The van der Waals surface area contributed by atoms with Crippen LogP contribution in [0, 0.1) is 12.7 Å². The van der Waals surface area contributed by atoms with Crippen molar-refractivity contribution in [1.29, 1.82) is 0 Å². The summed E-state index contributed by atoms with van der Waals surface area (Å²) >= 11 is 0. The van der Waals surface area contributed by atoms with Gasteiger partial charge >= 0.3 is 0 Å². The Labute approximate surface area is 183 Å². The minimum Gasteiger partial charge on any atom is -0.508 e. The van der Waals surface area contributed by atoms with Crippen LogP contribution in [0.3, 0.4) is 0 Å². The smallest absolute Gasteiger partial charge is 0.300 e. The normalized spacial score (nSPS) is 17.6. The second-order valence-electron chi connectivity index (χ2n) is 7.42. The average molecular weight is 433 g/mol. The molecule has 32 heavy (non-hydrogen) atoms. The first-order chi connectivity index (χ1) is 15.3. The van der Waals surface area contributed by atoms with E-state index in [0.29, 0.717) is 28.1 Å². The number of aryl methyl sites for hydroxylation is 1. The third-order valence-corrected chi connectivity index (χ3v) is 5.45. The molecule has 0 aromatic heterocycles. The van der Waals surface area contributed by atoms with Crippen molar-refractivity contribution < 1.29 is 28.9 Å². The van der Waals surface area contributed by atoms with Gasteiger partial charge in [-0.3, -0.25) is 14.5 Å². The molecule has 4 rings (SSSR count). The number of aliphatic hydroxyl groups excluding tert-OH is 1. The van der Waals surface area contributed by atoms with Crippen LogP contribution < -0.4 is 9.64 Å². The molecule has 1 aliphatic rings. The van der Waals surface area contributed by atoms with Gasteiger partial charge < -0.3 is 14.9 Å². The second kappa shape index (κ2) is 8.19. The summed E-state index contributed by atoms with van der Waals surface area (Å²) in [6.07, 6.45) is 0. The largest absolute Gasteiger partial charge is 0.508 e. The number of rotatable bonds is 4. The monoisotopic (exact) mass is 433 g/mol. The molecule has 1 aliphatic heterocycles. The van der Waals surface area contributed by atoms with Gasteiger partial charge in [0, 0.05) is 11.3 Å². The first-order valence-corrected chi connectivity index (χ1v) is 9.82. The average Bonchev–Trinajstić information content (AvgIpc) is 3.05. The van der Waals surface area contributed by atoms with Gasteiger partial charge in [-0.1, -0.05) is 12.1 Å². The molecular formula is C25H20FNO5. The molecule has 0 saturated carbocycles. The SMILES string of the molecule is COc1ccc(/C(O)=C2/C(=O)C(=O)N(c3ccc(F)cc3)C2c2ccc(O)cc2)c(C)c1. The molecule has 6 nitrogen and oxygen atoms in total. The highest BCUT2D eigenvalue weighted by Crippen LogP contribution is 2.43. The van der Waals surface area contributed by atoms with Crippen LogP contribution in [0.5, 0.6) is 11.5 Å². The molecule has 3 aromatic rings. The minimum atomic E-state index is -0.970. The van der Waals surface area contributed by atoms with Crippen molar-refractivity contribution in [1.82, 2.24) is 0 Å². The van der Waals surface area contributed by atoms with Crippen LogP contribution in [-0.4, -0.2) is 29.0 Å². The molecule has 1 atom stereocenters. The number of hydrogen-bond acceptors (Lipinski definition) is 5. The van der Waals surface area contributed by atoms with Crippen molar-refractivity contribution in [3.05, 3.63) is 94.8 Å². The number of methoxy groups -OCH3 is 1. The molecule has 1 saturated heterocycles. The van der Waals surface area contributed by atoms with Gasteiger partial charge in [-0.15, -0.1) is 0 Å². The third kappa shape index (κ3) is 3.58. The maximum absolute atomic E-state index is 13.5. The number of carbonyl (C=O) groups is 2. The molecule has 0 spiro atoms. The molecule has 1 heterocycles. The zero-order valence-electron chi connectivity index (χ0n) is 17.4. The number of ether oxygens (including phenoxy) is 1. The Morgan fingerprint density at radius 2 is 1.66 bits per heavy atom. The van der Waals surface area contributed by atoms with E-state index in [2.05, 4.69) is 0 Å². The van der Waals surface area contributed by atoms with Crippen molar-refractivity contribution in [3.63, 3.8) is 0 Å². The van der Waals surface area contributed by atoms with Crippen LogP contribution in [0.2, 0.25) is 0 Å². The van der Waals surface area contributed by atoms with Gasteiger partial charge in [0.25, 0.3) is 11.7 Å². The van der Waals surface area contributed by atoms with Crippen molar-refractivity contribution in [3.8, 4) is 11.5 Å². The Bertz CT molecular complexity index is 1230. The van der Waals surface area contributed by atoms with E-state index in [-0.39, 0.29) is 17.1 Å². The number of aromatic hydroxyl groups is 1. The number of hydrogen-bond donors (Lipinski definition) is 2. The zero-order valence-corrected chi connectivity index (χ0v) is 17.4. The number of phenols is 1. The van der Waals surface area contributed by atoms with Crippen LogP contribution in [0.25, 0.3) is 5.76 Å². The van der Waals surface area contributed by atoms with Crippen molar-refractivity contribution >= 4 is 23.1 Å². The summed E-state index contributed by atoms with van der Waals surface area (Å²) in [6.45, 7) is 1.75. The Balaban J connectivity index is 1.94. The minimum absolute atomic E-state index is 0.0125. The number of Topliss-reactive ketones (excluding diaryl/α,β-unsaturated/α-hetero) is 1. The fourth-order valence-electron chi connectivity index (χ4n) is 3.85. The lowest BCUT2D eigenvalue weighted by Gasteiger charge is -2.25. The van der Waals surface area contributed by atoms with E-state index in [1.165, 1.54) is 48.4 Å². The predicted octanol–water partition coefficient (Wildman–Crippen LogP) is 4.47. The molecule has 3 aromatic carbocycles. The van der Waals surface area contributed by atoms with E-state index < -0.39 is 23.5 Å². The van der Waals surface area contributed by atoms with E-state index in [0.717, 1.165) is 0 Å². The van der Waals surface area contributed by atoms with Crippen molar-refractivity contribution in [2.75, 3.05) is 12.0 Å². The van der Waals surface area contributed by atoms with Crippen LogP contribution in [0.15, 0.2) is 72.3 Å². The summed E-state index contributed by atoms with van der Waals surface area (Å²) in [5.41, 5.74) is 1.74. The zero-order chi connectivity index (χ0) is 23.0. The number of nitrogens with zero attached hydrogens (tertiary/aromatic N) is 1. The van der Waals surface area contributed by atoms with E-state index >= 15 is 0 Å². The number of halogens is 1. The Morgan fingerprint density at radius 3 is 2.25 bits per heavy atom. The third-order valence-electron chi connectivity index (χ3n) is 5.45. The van der Waals surface area contributed by atoms with Gasteiger partial charge in [0.2, 0.25) is 0 Å². The van der Waals surface area contributed by atoms with E-state index in [9.17, 15) is 24.2 Å². The summed E-state index contributed by atoms with van der Waals surface area (Å²) < 4.78 is 18.7. The van der Waals surface area contributed by atoms with Crippen LogP contribution >= 0.6 is 0 Å². The van der Waals surface area contributed by atoms with Crippen molar-refractivity contribution in [2.45, 2.75) is 13.0 Å². The number of ketones is 1. The number of carbonyl (C=O) groups excluding carboxylic acids is 2. The Hall–Kier alpha value is -4.13. The van der Waals surface area contributed by atoms with Crippen LogP contribution in [0.4, 0.5) is 10.1 Å². The summed E-state index contributed by atoms with van der Waals surface area (Å²) in [7, 11) is 1.52. The maximum Gasteiger partial charge on any atom is 0.300 e. The molecule has 7 heteroatoms. The highest BCUT2D eigenvalue weighted by atomic mass is 19.1. The first-order valence-electron chi connectivity index (χ1n) is 9.82. The molecule has 2 N–H and O–H groups in total. The quantitative estimate of drug-likeness (QED) is 0.360. The lowest BCUT2D eigenvalue weighted by molar-refractivity contribution is -0.132. The topological polar surface area (TPSA) is 87.1 Å². The van der Waals surface area contributed by atoms with Gasteiger partial charge in [0.15, 0.2) is 0 Å². The lowest BCUT2D eigenvalue weighted by atomic mass is 9.93. The van der Waals surface area contributed by atoms with Gasteiger partial charge in [0.05, 0.1) is 18.7 Å². The number of benzene rings is 3. The molecule has 0 bridgehead atoms. The summed E-state index contributed by atoms with van der Waals surface area (Å²) in [6, 6.07) is 15.2. The standard InChI is InChI=1S/C25H20FNO5/c1-14-13-19(32-2)11-12-20(14)23(29)21-22(15-3-9-18(28)10-4-15)27(25(31)24(21)30)17-7-5-16(26)6-8-17/h3-13,22,28-29H,1-2H3/b23-21-. The number of aliphatic hydroxyl groups is 1. The molecule has 1 fully saturated rings. The number of phenolic OH excluding ortho intramolecular Hbond substituents is 1. The lowest BCUT2D eigenvalue weighted by Crippen LogP contribution is -2.29. The highest BCUT2D eigenvalue weighted by Gasteiger charge is 2.47. The Kier molecular flexibility index (Phi) is 5.40. The molecule has 1 unspecified atom stereocenters. The fraction of sp³-hybridized carbons (Fsp3) is 0.120. The molecular weight excluding hydrogens is 413 g/mol. The molecule has 1 amide bonds. The van der Waals surface area contributed by atoms with Crippen LogP contribution in [0.1, 0.15) is 22.7 Å². The molecule has 162 valence electrons. The summed E-state index contributed by atoms with van der Waals surface area (Å²) in [5.74, 6) is -1.92. The molecule has 0 aliphatic carbocycles. The van der Waals surface area contributed by atoms with E-state index in [1.54, 1.807) is 37.3 Å². The van der Waals surface area contributed by atoms with Crippen molar-refractivity contribution in [2.24, 2.45) is 0 Å². The predicted molar refractivity (Wildman–Crippen MR) is 117 cm³/mol. The van der Waals surface area contributed by atoms with Gasteiger partial charge in [0.1, 0.15) is 23.1 Å².